The van der Waals surface area contributed by atoms with Crippen LogP contribution in [0.15, 0.2) is 12.1 Å². The quantitative estimate of drug-likeness (QED) is 0.644. The Morgan fingerprint density at radius 1 is 1.62 bits per heavy atom. The van der Waals surface area contributed by atoms with Gasteiger partial charge in [0.05, 0.1) is 23.2 Å². The number of benzene rings is 1. The van der Waals surface area contributed by atoms with Crippen molar-refractivity contribution in [1.82, 2.24) is 5.32 Å². The molecule has 0 amide bonds. The Kier molecular flexibility index (Phi) is 5.22. The van der Waals surface area contributed by atoms with Gasteiger partial charge in [0.1, 0.15) is 5.54 Å². The van der Waals surface area contributed by atoms with Crippen LogP contribution in [-0.4, -0.2) is 23.6 Å². The van der Waals surface area contributed by atoms with E-state index in [9.17, 15) is 14.5 Å². The van der Waals surface area contributed by atoms with Crippen LogP contribution in [-0.2, 0) is 0 Å². The van der Waals surface area contributed by atoms with Crippen molar-refractivity contribution >= 4 is 5.69 Å². The number of ether oxygens (including phenoxy) is 1. The van der Waals surface area contributed by atoms with E-state index in [1.54, 1.807) is 20.9 Å². The molecule has 0 saturated carbocycles. The lowest BCUT2D eigenvalue weighted by Gasteiger charge is -2.25. The van der Waals surface area contributed by atoms with Crippen molar-refractivity contribution in [3.05, 3.63) is 33.6 Å². The third-order valence-corrected chi connectivity index (χ3v) is 3.27. The van der Waals surface area contributed by atoms with Gasteiger partial charge in [-0.2, -0.15) is 5.26 Å². The van der Waals surface area contributed by atoms with Crippen LogP contribution in [0.1, 0.15) is 25.8 Å². The number of hydrogen-bond acceptors (Lipinski definition) is 5. The fourth-order valence-corrected chi connectivity index (χ4v) is 1.97. The fourth-order valence-electron chi connectivity index (χ4n) is 1.97. The second-order valence-corrected chi connectivity index (χ2v) is 5.15. The summed E-state index contributed by atoms with van der Waals surface area (Å²) < 4.78 is 19.3. The van der Waals surface area contributed by atoms with Gasteiger partial charge in [-0.3, -0.25) is 10.1 Å². The molecule has 1 rings (SSSR count). The molecule has 1 aromatic carbocycles. The van der Waals surface area contributed by atoms with Crippen molar-refractivity contribution in [1.29, 1.82) is 5.26 Å². The summed E-state index contributed by atoms with van der Waals surface area (Å²) in [5.74, 6) is -0.843. The number of nitrogens with zero attached hydrogens (tertiary/aromatic N) is 2. The number of nitriles is 1. The smallest absolute Gasteiger partial charge is 0.275 e. The Morgan fingerprint density at radius 2 is 2.24 bits per heavy atom. The van der Waals surface area contributed by atoms with Gasteiger partial charge in [0, 0.05) is 12.0 Å². The topological polar surface area (TPSA) is 88.2 Å². The molecular formula is C14H18FN3O3. The number of nitro benzene ring substituents is 1. The minimum atomic E-state index is -0.790. The minimum Gasteiger partial charge on any atom is -0.488 e. The number of nitro groups is 1. The van der Waals surface area contributed by atoms with Crippen LogP contribution in [0.2, 0.25) is 0 Å². The Labute approximate surface area is 122 Å². The Balaban J connectivity index is 2.92. The van der Waals surface area contributed by atoms with E-state index >= 15 is 0 Å². The lowest BCUT2D eigenvalue weighted by atomic mass is 9.97. The third-order valence-electron chi connectivity index (χ3n) is 3.27. The van der Waals surface area contributed by atoms with Gasteiger partial charge in [-0.25, -0.2) is 4.39 Å². The Hall–Kier alpha value is -2.20. The Morgan fingerprint density at radius 3 is 2.71 bits per heavy atom. The average molecular weight is 295 g/mol. The maximum Gasteiger partial charge on any atom is 0.275 e. The van der Waals surface area contributed by atoms with Crippen LogP contribution >= 0.6 is 0 Å². The van der Waals surface area contributed by atoms with Gasteiger partial charge in [0.25, 0.3) is 5.69 Å². The van der Waals surface area contributed by atoms with Crippen molar-refractivity contribution in [3.63, 3.8) is 0 Å². The van der Waals surface area contributed by atoms with Crippen LogP contribution in [0.4, 0.5) is 10.1 Å². The van der Waals surface area contributed by atoms with Gasteiger partial charge in [-0.05, 0) is 33.9 Å². The molecule has 0 aliphatic rings. The average Bonchev–Trinajstić information content (AvgIpc) is 2.41. The maximum absolute atomic E-state index is 13.8. The van der Waals surface area contributed by atoms with Crippen molar-refractivity contribution in [2.45, 2.75) is 38.8 Å². The van der Waals surface area contributed by atoms with E-state index in [-0.39, 0.29) is 11.4 Å². The minimum absolute atomic E-state index is 0.0537. The van der Waals surface area contributed by atoms with Crippen molar-refractivity contribution in [3.8, 4) is 11.8 Å². The summed E-state index contributed by atoms with van der Waals surface area (Å²) >= 11 is 0. The standard InChI is InChI=1S/C14H18FN3O3/c1-9-5-13(11(15)6-12(9)18(19)20)21-10(2)7-14(3,8-16)17-4/h5-6,10,17H,7H2,1-4H3. The summed E-state index contributed by atoms with van der Waals surface area (Å²) in [6.07, 6.45) is -0.0902. The van der Waals surface area contributed by atoms with Crippen molar-refractivity contribution < 1.29 is 14.1 Å². The first kappa shape index (κ1) is 16.9. The molecule has 0 saturated heterocycles. The predicted molar refractivity (Wildman–Crippen MR) is 75.6 cm³/mol. The van der Waals surface area contributed by atoms with Gasteiger partial charge < -0.3 is 10.1 Å². The zero-order valence-electron chi connectivity index (χ0n) is 12.4. The first-order chi connectivity index (χ1) is 9.72. The van der Waals surface area contributed by atoms with Gasteiger partial charge in [0.15, 0.2) is 11.6 Å². The molecular weight excluding hydrogens is 277 g/mol. The first-order valence-corrected chi connectivity index (χ1v) is 6.44. The molecule has 7 heteroatoms. The van der Waals surface area contributed by atoms with Crippen molar-refractivity contribution in [2.24, 2.45) is 0 Å². The highest BCUT2D eigenvalue weighted by Crippen LogP contribution is 2.28. The van der Waals surface area contributed by atoms with E-state index in [4.69, 9.17) is 10.00 Å². The number of nitrogens with one attached hydrogen (secondary N) is 1. The largest absolute Gasteiger partial charge is 0.488 e. The first-order valence-electron chi connectivity index (χ1n) is 6.44. The molecule has 114 valence electrons. The molecule has 0 fully saturated rings. The summed E-state index contributed by atoms with van der Waals surface area (Å²) in [6.45, 7) is 4.94. The maximum atomic E-state index is 13.8. The van der Waals surface area contributed by atoms with E-state index in [1.165, 1.54) is 13.0 Å². The van der Waals surface area contributed by atoms with Crippen molar-refractivity contribution in [2.75, 3.05) is 7.05 Å². The van der Waals surface area contributed by atoms with E-state index in [0.717, 1.165) is 6.07 Å². The normalized spacial score (nSPS) is 14.9. The van der Waals surface area contributed by atoms with E-state index in [0.29, 0.717) is 12.0 Å². The van der Waals surface area contributed by atoms with E-state index in [1.807, 2.05) is 0 Å². The molecule has 0 heterocycles. The zero-order valence-corrected chi connectivity index (χ0v) is 12.4. The highest BCUT2D eigenvalue weighted by atomic mass is 19.1. The van der Waals surface area contributed by atoms with Crippen LogP contribution in [0.5, 0.6) is 5.75 Å². The van der Waals surface area contributed by atoms with Crippen LogP contribution < -0.4 is 10.1 Å². The zero-order chi connectivity index (χ0) is 16.2. The van der Waals surface area contributed by atoms with Gasteiger partial charge in [-0.1, -0.05) is 0 Å². The molecule has 0 radical (unpaired) electrons. The molecule has 0 bridgehead atoms. The molecule has 0 aliphatic carbocycles. The molecule has 6 nitrogen and oxygen atoms in total. The number of halogens is 1. The lowest BCUT2D eigenvalue weighted by Crippen LogP contribution is -2.41. The molecule has 1 aromatic rings. The lowest BCUT2D eigenvalue weighted by molar-refractivity contribution is -0.385. The SMILES string of the molecule is CNC(C)(C#N)CC(C)Oc1cc(C)c([N+](=O)[O-])cc1F. The summed E-state index contributed by atoms with van der Waals surface area (Å²) in [5, 5.41) is 22.7. The van der Waals surface area contributed by atoms with E-state index in [2.05, 4.69) is 11.4 Å². The summed E-state index contributed by atoms with van der Waals surface area (Å²) in [4.78, 5) is 10.1. The predicted octanol–water partition coefficient (Wildman–Crippen LogP) is 2.70. The molecule has 0 spiro atoms. The highest BCUT2D eigenvalue weighted by molar-refractivity contribution is 5.45. The molecule has 0 aromatic heterocycles. The van der Waals surface area contributed by atoms with Crippen LogP contribution in [0, 0.1) is 34.2 Å². The second-order valence-electron chi connectivity index (χ2n) is 5.15. The highest BCUT2D eigenvalue weighted by Gasteiger charge is 2.26. The summed E-state index contributed by atoms with van der Waals surface area (Å²) in [5.41, 5.74) is -0.754. The molecule has 21 heavy (non-hydrogen) atoms. The number of rotatable bonds is 6. The monoisotopic (exact) mass is 295 g/mol. The second kappa shape index (κ2) is 6.50. The molecule has 0 aliphatic heterocycles. The molecule has 2 unspecified atom stereocenters. The van der Waals surface area contributed by atoms with Crippen LogP contribution in [0.25, 0.3) is 0 Å². The molecule has 2 atom stereocenters. The summed E-state index contributed by atoms with van der Waals surface area (Å²) in [7, 11) is 1.66. The van der Waals surface area contributed by atoms with Crippen LogP contribution in [0.3, 0.4) is 0 Å². The number of aryl methyl sites for hydroxylation is 1. The van der Waals surface area contributed by atoms with Gasteiger partial charge in [-0.15, -0.1) is 0 Å². The number of hydrogen-bond donors (Lipinski definition) is 1. The third kappa shape index (κ3) is 4.13. The fraction of sp³-hybridized carbons (Fsp3) is 0.500. The summed E-state index contributed by atoms with van der Waals surface area (Å²) in [6, 6.07) is 4.27. The van der Waals surface area contributed by atoms with Gasteiger partial charge >= 0.3 is 0 Å². The molecule has 1 N–H and O–H groups in total. The van der Waals surface area contributed by atoms with Gasteiger partial charge in [0.2, 0.25) is 0 Å². The Bertz CT molecular complexity index is 586. The van der Waals surface area contributed by atoms with E-state index < -0.39 is 22.4 Å².